The molecule has 0 aromatic heterocycles. The molecule has 3 rings (SSSR count). The number of ether oxygens (including phenoxy) is 1. The maximum Gasteiger partial charge on any atom is 0.354 e. The summed E-state index contributed by atoms with van der Waals surface area (Å²) in [4.78, 5) is 25.8. The number of anilines is 1. The average molecular weight is 498 g/mol. The SMILES string of the molecule is CS(=O)(=O)OC(=O)c1cc(OCCO)ccc1-c1ccccc1C(=O)Nc1ccc(C(=N)N)cc1. The molecule has 0 atom stereocenters. The van der Waals surface area contributed by atoms with Gasteiger partial charge in [0.05, 0.1) is 18.4 Å². The lowest BCUT2D eigenvalue weighted by molar-refractivity contribution is 0.0748. The Kier molecular flexibility index (Phi) is 7.84. The van der Waals surface area contributed by atoms with E-state index in [1.54, 1.807) is 48.5 Å². The number of rotatable bonds is 9. The van der Waals surface area contributed by atoms with Crippen LogP contribution in [0.5, 0.6) is 5.75 Å². The Balaban J connectivity index is 2.02. The highest BCUT2D eigenvalue weighted by molar-refractivity contribution is 7.86. The van der Waals surface area contributed by atoms with Gasteiger partial charge in [-0.3, -0.25) is 10.2 Å². The summed E-state index contributed by atoms with van der Waals surface area (Å²) in [5, 5.41) is 19.2. The zero-order valence-corrected chi connectivity index (χ0v) is 19.5. The number of aliphatic hydroxyl groups excluding tert-OH is 1. The van der Waals surface area contributed by atoms with Crippen LogP contribution in [0.1, 0.15) is 26.3 Å². The van der Waals surface area contributed by atoms with E-state index in [2.05, 4.69) is 9.50 Å². The largest absolute Gasteiger partial charge is 0.491 e. The summed E-state index contributed by atoms with van der Waals surface area (Å²) >= 11 is 0. The maximum atomic E-state index is 13.1. The molecule has 3 aromatic rings. The summed E-state index contributed by atoms with van der Waals surface area (Å²) in [5.41, 5.74) is 7.07. The molecule has 11 heteroatoms. The number of hydrogen-bond acceptors (Lipinski definition) is 8. The molecule has 0 unspecified atom stereocenters. The molecule has 3 aromatic carbocycles. The number of amides is 1. The van der Waals surface area contributed by atoms with Crippen molar-refractivity contribution in [1.29, 1.82) is 5.41 Å². The zero-order valence-electron chi connectivity index (χ0n) is 18.6. The van der Waals surface area contributed by atoms with Crippen LogP contribution in [0.3, 0.4) is 0 Å². The van der Waals surface area contributed by atoms with Crippen molar-refractivity contribution in [1.82, 2.24) is 0 Å². The monoisotopic (exact) mass is 497 g/mol. The third-order valence-corrected chi connectivity index (χ3v) is 5.17. The Bertz CT molecular complexity index is 1370. The van der Waals surface area contributed by atoms with Gasteiger partial charge in [0, 0.05) is 16.8 Å². The summed E-state index contributed by atoms with van der Waals surface area (Å²) in [6.45, 7) is -0.303. The van der Waals surface area contributed by atoms with Crippen LogP contribution in [-0.2, 0) is 14.3 Å². The van der Waals surface area contributed by atoms with Crippen LogP contribution in [-0.4, -0.2) is 50.7 Å². The fourth-order valence-corrected chi connectivity index (χ4v) is 3.58. The number of nitrogens with two attached hydrogens (primary N) is 1. The molecule has 10 nitrogen and oxygen atoms in total. The first-order valence-electron chi connectivity index (χ1n) is 10.3. The minimum atomic E-state index is -4.11. The van der Waals surface area contributed by atoms with Crippen molar-refractivity contribution in [3.8, 4) is 16.9 Å². The Morgan fingerprint density at radius 3 is 2.29 bits per heavy atom. The fraction of sp³-hybridized carbons (Fsp3) is 0.125. The van der Waals surface area contributed by atoms with Crippen molar-refractivity contribution in [3.63, 3.8) is 0 Å². The maximum absolute atomic E-state index is 13.1. The van der Waals surface area contributed by atoms with Crippen LogP contribution in [0.25, 0.3) is 11.1 Å². The Hall–Kier alpha value is -4.22. The Labute approximate surface area is 201 Å². The van der Waals surface area contributed by atoms with Crippen LogP contribution < -0.4 is 15.8 Å². The molecule has 0 bridgehead atoms. The molecule has 0 saturated heterocycles. The molecule has 0 spiro atoms. The molecule has 0 fully saturated rings. The zero-order chi connectivity index (χ0) is 25.6. The van der Waals surface area contributed by atoms with Crippen LogP contribution >= 0.6 is 0 Å². The smallest absolute Gasteiger partial charge is 0.354 e. The lowest BCUT2D eigenvalue weighted by Crippen LogP contribution is -2.16. The summed E-state index contributed by atoms with van der Waals surface area (Å²) < 4.78 is 33.1. The summed E-state index contributed by atoms with van der Waals surface area (Å²) in [5.74, 6) is -1.53. The van der Waals surface area contributed by atoms with E-state index in [1.165, 1.54) is 18.2 Å². The van der Waals surface area contributed by atoms with E-state index >= 15 is 0 Å². The molecule has 0 radical (unpaired) electrons. The molecule has 0 aliphatic carbocycles. The summed E-state index contributed by atoms with van der Waals surface area (Å²) in [6.07, 6.45) is 0.745. The first-order chi connectivity index (χ1) is 16.6. The van der Waals surface area contributed by atoms with Gasteiger partial charge in [-0.15, -0.1) is 0 Å². The normalized spacial score (nSPS) is 10.9. The second-order valence-corrected chi connectivity index (χ2v) is 8.92. The van der Waals surface area contributed by atoms with Crippen LogP contribution in [0.15, 0.2) is 66.7 Å². The third-order valence-electron chi connectivity index (χ3n) is 4.71. The topological polar surface area (TPSA) is 169 Å². The van der Waals surface area contributed by atoms with Crippen molar-refractivity contribution in [2.24, 2.45) is 5.73 Å². The molecule has 1 amide bonds. The minimum Gasteiger partial charge on any atom is -0.491 e. The van der Waals surface area contributed by atoms with E-state index in [1.807, 2.05) is 0 Å². The van der Waals surface area contributed by atoms with Gasteiger partial charge in [-0.25, -0.2) is 4.79 Å². The van der Waals surface area contributed by atoms with Crippen molar-refractivity contribution in [3.05, 3.63) is 83.4 Å². The van der Waals surface area contributed by atoms with Gasteiger partial charge < -0.3 is 25.1 Å². The van der Waals surface area contributed by atoms with Gasteiger partial charge in [-0.1, -0.05) is 18.2 Å². The van der Waals surface area contributed by atoms with Gasteiger partial charge in [0.2, 0.25) is 0 Å². The number of carbonyl (C=O) groups is 2. The second-order valence-electron chi connectivity index (χ2n) is 7.35. The van der Waals surface area contributed by atoms with Gasteiger partial charge in [-0.2, -0.15) is 8.42 Å². The molecule has 0 aliphatic heterocycles. The highest BCUT2D eigenvalue weighted by atomic mass is 32.2. The average Bonchev–Trinajstić information content (AvgIpc) is 2.82. The first kappa shape index (κ1) is 25.4. The van der Waals surface area contributed by atoms with E-state index in [4.69, 9.17) is 21.0 Å². The summed E-state index contributed by atoms with van der Waals surface area (Å²) in [7, 11) is -4.11. The van der Waals surface area contributed by atoms with Crippen LogP contribution in [0.2, 0.25) is 0 Å². The molecule has 0 aliphatic rings. The molecule has 35 heavy (non-hydrogen) atoms. The number of aliphatic hydroxyl groups is 1. The third kappa shape index (κ3) is 6.65. The number of hydrogen-bond donors (Lipinski definition) is 4. The minimum absolute atomic E-state index is 0.0404. The predicted molar refractivity (Wildman–Crippen MR) is 130 cm³/mol. The summed E-state index contributed by atoms with van der Waals surface area (Å²) in [6, 6.07) is 17.1. The van der Waals surface area contributed by atoms with E-state index in [9.17, 15) is 18.0 Å². The molecular weight excluding hydrogens is 474 g/mol. The Morgan fingerprint density at radius 1 is 1.00 bits per heavy atom. The predicted octanol–water partition coefficient (Wildman–Crippen LogP) is 2.38. The van der Waals surface area contributed by atoms with Crippen molar-refractivity contribution >= 4 is 33.5 Å². The molecular formula is C24H23N3O7S. The number of carbonyl (C=O) groups excluding carboxylic acids is 2. The standard InChI is InChI=1S/C24H23N3O7S/c1-35(31,32)34-24(30)21-14-17(33-13-12-28)10-11-19(21)18-4-2-3-5-20(18)23(29)27-16-8-6-15(7-9-16)22(25)26/h2-11,14,28H,12-13H2,1H3,(H3,25,26)(H,27,29). The molecule has 0 saturated carbocycles. The van der Waals surface area contributed by atoms with Crippen LogP contribution in [0, 0.1) is 5.41 Å². The second kappa shape index (κ2) is 10.8. The number of benzene rings is 3. The van der Waals surface area contributed by atoms with Crippen LogP contribution in [0.4, 0.5) is 5.69 Å². The molecule has 182 valence electrons. The first-order valence-corrected chi connectivity index (χ1v) is 12.1. The number of amidine groups is 1. The van der Waals surface area contributed by atoms with Gasteiger partial charge in [0.1, 0.15) is 18.2 Å². The van der Waals surface area contributed by atoms with E-state index < -0.39 is 22.0 Å². The van der Waals surface area contributed by atoms with Crippen molar-refractivity contribution in [2.45, 2.75) is 0 Å². The van der Waals surface area contributed by atoms with Gasteiger partial charge in [0.25, 0.3) is 5.91 Å². The molecule has 0 heterocycles. The van der Waals surface area contributed by atoms with E-state index in [0.29, 0.717) is 16.8 Å². The van der Waals surface area contributed by atoms with Gasteiger partial charge in [-0.05, 0) is 59.7 Å². The molecule has 5 N–H and O–H groups in total. The fourth-order valence-electron chi connectivity index (χ4n) is 3.21. The van der Waals surface area contributed by atoms with Gasteiger partial charge >= 0.3 is 16.1 Å². The lowest BCUT2D eigenvalue weighted by atomic mass is 9.94. The lowest BCUT2D eigenvalue weighted by Gasteiger charge is -2.15. The highest BCUT2D eigenvalue weighted by Crippen LogP contribution is 2.31. The number of nitrogens with one attached hydrogen (secondary N) is 2. The van der Waals surface area contributed by atoms with Gasteiger partial charge in [0.15, 0.2) is 0 Å². The number of nitrogen functional groups attached to an aromatic ring is 1. The quantitative estimate of drug-likeness (QED) is 0.198. The van der Waals surface area contributed by atoms with Crippen molar-refractivity contribution in [2.75, 3.05) is 24.8 Å². The highest BCUT2D eigenvalue weighted by Gasteiger charge is 2.22. The van der Waals surface area contributed by atoms with E-state index in [-0.39, 0.29) is 41.5 Å². The van der Waals surface area contributed by atoms with E-state index in [0.717, 1.165) is 6.26 Å². The van der Waals surface area contributed by atoms with Crippen molar-refractivity contribution < 1.29 is 32.0 Å². The Morgan fingerprint density at radius 2 is 1.66 bits per heavy atom.